The van der Waals surface area contributed by atoms with E-state index in [0.29, 0.717) is 6.54 Å². The predicted molar refractivity (Wildman–Crippen MR) is 159 cm³/mol. The molecule has 4 aromatic rings. The number of carbonyl (C=O) groups is 2. The van der Waals surface area contributed by atoms with Crippen molar-refractivity contribution in [3.05, 3.63) is 129 Å². The molecule has 0 aliphatic carbocycles. The summed E-state index contributed by atoms with van der Waals surface area (Å²) in [5, 5.41) is 2.13. The lowest BCUT2D eigenvalue weighted by molar-refractivity contribution is -0.143. The highest BCUT2D eigenvalue weighted by atomic mass is 32.1. The molecule has 5 rings (SSSR count). The van der Waals surface area contributed by atoms with Gasteiger partial charge in [0.15, 0.2) is 0 Å². The van der Waals surface area contributed by atoms with E-state index in [0.717, 1.165) is 29.5 Å². The number of rotatable bonds is 8. The van der Waals surface area contributed by atoms with E-state index in [1.165, 1.54) is 16.0 Å². The summed E-state index contributed by atoms with van der Waals surface area (Å²) >= 11 is 1.77. The second-order valence-corrected chi connectivity index (χ2v) is 11.4. The number of aryl methyl sites for hydroxylation is 1. The first-order chi connectivity index (χ1) is 19.0. The molecule has 1 aliphatic heterocycles. The number of carbonyl (C=O) groups excluding carboxylic acids is 2. The SMILES string of the molecule is CC[C@H](C)N(CC(=O)N1CCc2sccc2[C@@H]1c1ccccc1C)C(=O)C(c1ccccc1)c1ccccc1. The second-order valence-electron chi connectivity index (χ2n) is 10.4. The van der Waals surface area contributed by atoms with Crippen molar-refractivity contribution in [2.24, 2.45) is 0 Å². The molecule has 0 saturated heterocycles. The fraction of sp³-hybridized carbons (Fsp3) is 0.294. The smallest absolute Gasteiger partial charge is 0.243 e. The Labute approximate surface area is 235 Å². The maximum atomic E-state index is 14.4. The van der Waals surface area contributed by atoms with Crippen molar-refractivity contribution in [1.82, 2.24) is 9.80 Å². The van der Waals surface area contributed by atoms with Crippen molar-refractivity contribution in [3.8, 4) is 0 Å². The molecule has 200 valence electrons. The average molecular weight is 537 g/mol. The molecule has 3 aromatic carbocycles. The van der Waals surface area contributed by atoms with Gasteiger partial charge in [-0.25, -0.2) is 0 Å². The number of fused-ring (bicyclic) bond motifs is 1. The third-order valence-electron chi connectivity index (χ3n) is 7.99. The highest BCUT2D eigenvalue weighted by Gasteiger charge is 2.37. The van der Waals surface area contributed by atoms with Crippen LogP contribution in [0.5, 0.6) is 0 Å². The zero-order chi connectivity index (χ0) is 27.4. The van der Waals surface area contributed by atoms with E-state index in [2.05, 4.69) is 37.4 Å². The molecule has 0 spiro atoms. The van der Waals surface area contributed by atoms with Crippen molar-refractivity contribution in [2.45, 2.75) is 51.6 Å². The van der Waals surface area contributed by atoms with Crippen LogP contribution in [-0.2, 0) is 16.0 Å². The van der Waals surface area contributed by atoms with Gasteiger partial charge in [0, 0.05) is 17.5 Å². The zero-order valence-electron chi connectivity index (χ0n) is 22.9. The number of amides is 2. The number of nitrogens with zero attached hydrogens (tertiary/aromatic N) is 2. The van der Waals surface area contributed by atoms with Crippen molar-refractivity contribution < 1.29 is 9.59 Å². The van der Waals surface area contributed by atoms with Gasteiger partial charge in [-0.2, -0.15) is 0 Å². The summed E-state index contributed by atoms with van der Waals surface area (Å²) in [7, 11) is 0. The van der Waals surface area contributed by atoms with Gasteiger partial charge in [0.1, 0.15) is 6.54 Å². The summed E-state index contributed by atoms with van der Waals surface area (Å²) in [5.74, 6) is -0.504. The minimum atomic E-state index is -0.466. The van der Waals surface area contributed by atoms with Crippen LogP contribution in [0.15, 0.2) is 96.4 Å². The molecule has 2 amide bonds. The lowest BCUT2D eigenvalue weighted by Crippen LogP contribution is -2.50. The average Bonchev–Trinajstić information content (AvgIpc) is 3.46. The van der Waals surface area contributed by atoms with E-state index < -0.39 is 5.92 Å². The van der Waals surface area contributed by atoms with E-state index in [-0.39, 0.29) is 30.4 Å². The maximum absolute atomic E-state index is 14.4. The molecule has 0 saturated carbocycles. The van der Waals surface area contributed by atoms with Gasteiger partial charge in [-0.15, -0.1) is 11.3 Å². The lowest BCUT2D eigenvalue weighted by atomic mass is 9.89. The Balaban J connectivity index is 1.49. The summed E-state index contributed by atoms with van der Waals surface area (Å²) in [4.78, 5) is 33.7. The van der Waals surface area contributed by atoms with Crippen molar-refractivity contribution in [3.63, 3.8) is 0 Å². The lowest BCUT2D eigenvalue weighted by Gasteiger charge is -2.39. The molecular formula is C34H36N2O2S. The Bertz CT molecular complexity index is 1380. The summed E-state index contributed by atoms with van der Waals surface area (Å²) in [6.45, 7) is 6.94. The van der Waals surface area contributed by atoms with E-state index in [1.807, 2.05) is 89.5 Å². The number of benzene rings is 3. The molecule has 0 unspecified atom stereocenters. The summed E-state index contributed by atoms with van der Waals surface area (Å²) in [6.07, 6.45) is 1.61. The Hall–Kier alpha value is -3.70. The fourth-order valence-electron chi connectivity index (χ4n) is 5.66. The minimum absolute atomic E-state index is 0.00590. The van der Waals surface area contributed by atoms with Crippen LogP contribution in [0.4, 0.5) is 0 Å². The van der Waals surface area contributed by atoms with Crippen LogP contribution in [0.3, 0.4) is 0 Å². The zero-order valence-corrected chi connectivity index (χ0v) is 23.7. The molecule has 4 nitrogen and oxygen atoms in total. The Morgan fingerprint density at radius 2 is 1.51 bits per heavy atom. The monoisotopic (exact) mass is 536 g/mol. The Morgan fingerprint density at radius 1 is 0.897 bits per heavy atom. The topological polar surface area (TPSA) is 40.6 Å². The number of hydrogen-bond acceptors (Lipinski definition) is 3. The largest absolute Gasteiger partial charge is 0.330 e. The Kier molecular flexibility index (Phi) is 8.27. The van der Waals surface area contributed by atoms with Gasteiger partial charge in [0.2, 0.25) is 11.8 Å². The summed E-state index contributed by atoms with van der Waals surface area (Å²) < 4.78 is 0. The highest BCUT2D eigenvalue weighted by Crippen LogP contribution is 2.39. The van der Waals surface area contributed by atoms with Crippen molar-refractivity contribution in [1.29, 1.82) is 0 Å². The van der Waals surface area contributed by atoms with Crippen LogP contribution in [0, 0.1) is 6.92 Å². The fourth-order valence-corrected chi connectivity index (χ4v) is 6.56. The van der Waals surface area contributed by atoms with Gasteiger partial charge >= 0.3 is 0 Å². The van der Waals surface area contributed by atoms with Crippen LogP contribution in [0.2, 0.25) is 0 Å². The third-order valence-corrected chi connectivity index (χ3v) is 8.99. The van der Waals surface area contributed by atoms with Crippen LogP contribution in [-0.4, -0.2) is 40.7 Å². The second kappa shape index (κ2) is 12.0. The molecule has 1 aliphatic rings. The van der Waals surface area contributed by atoms with Gasteiger partial charge in [-0.1, -0.05) is 91.9 Å². The first-order valence-corrected chi connectivity index (χ1v) is 14.7. The first-order valence-electron chi connectivity index (χ1n) is 13.8. The van der Waals surface area contributed by atoms with Crippen molar-refractivity contribution >= 4 is 23.2 Å². The van der Waals surface area contributed by atoms with E-state index in [4.69, 9.17) is 0 Å². The standard InChI is InChI=1S/C34H36N2O2S/c1-4-25(3)36(34(38)32(26-14-7-5-8-15-26)27-16-9-6-10-17-27)23-31(37)35-21-19-30-29(20-22-39-30)33(35)28-18-12-11-13-24(28)2/h5-18,20,22,25,32-33H,4,19,21,23H2,1-3H3/t25-,33-/m0/s1. The third kappa shape index (κ3) is 5.55. The predicted octanol–water partition coefficient (Wildman–Crippen LogP) is 6.99. The molecule has 5 heteroatoms. The van der Waals surface area contributed by atoms with E-state index in [9.17, 15) is 9.59 Å². The molecule has 2 heterocycles. The molecule has 2 atom stereocenters. The van der Waals surface area contributed by atoms with Gasteiger partial charge < -0.3 is 9.80 Å². The molecule has 1 aromatic heterocycles. The molecule has 0 fully saturated rings. The summed E-state index contributed by atoms with van der Waals surface area (Å²) in [6, 6.07) is 30.1. The van der Waals surface area contributed by atoms with Crippen LogP contribution in [0.1, 0.15) is 64.9 Å². The van der Waals surface area contributed by atoms with Crippen LogP contribution < -0.4 is 0 Å². The quantitative estimate of drug-likeness (QED) is 0.244. The van der Waals surface area contributed by atoms with Gasteiger partial charge in [0.25, 0.3) is 0 Å². The molecular weight excluding hydrogens is 500 g/mol. The molecule has 0 bridgehead atoms. The Morgan fingerprint density at radius 3 is 2.13 bits per heavy atom. The van der Waals surface area contributed by atoms with Gasteiger partial charge in [0.05, 0.1) is 12.0 Å². The van der Waals surface area contributed by atoms with Crippen LogP contribution in [0.25, 0.3) is 0 Å². The molecule has 0 radical (unpaired) electrons. The van der Waals surface area contributed by atoms with E-state index in [1.54, 1.807) is 11.3 Å². The highest BCUT2D eigenvalue weighted by molar-refractivity contribution is 7.10. The molecule has 0 N–H and O–H groups in total. The van der Waals surface area contributed by atoms with Crippen LogP contribution >= 0.6 is 11.3 Å². The maximum Gasteiger partial charge on any atom is 0.243 e. The number of thiophene rings is 1. The number of hydrogen-bond donors (Lipinski definition) is 0. The molecule has 39 heavy (non-hydrogen) atoms. The first kappa shape index (κ1) is 26.9. The van der Waals surface area contributed by atoms with E-state index >= 15 is 0 Å². The minimum Gasteiger partial charge on any atom is -0.330 e. The normalized spacial score (nSPS) is 15.6. The van der Waals surface area contributed by atoms with Gasteiger partial charge in [-0.3, -0.25) is 9.59 Å². The van der Waals surface area contributed by atoms with Gasteiger partial charge in [-0.05, 0) is 66.0 Å². The van der Waals surface area contributed by atoms with Crippen molar-refractivity contribution in [2.75, 3.05) is 13.1 Å². The summed E-state index contributed by atoms with van der Waals surface area (Å²) in [5.41, 5.74) is 5.41.